The molecule has 0 heterocycles. The molecule has 1 atom stereocenters. The van der Waals surface area contributed by atoms with Crippen LogP contribution in [-0.2, 0) is 20.9 Å². The molecule has 7 heteroatoms. The minimum atomic E-state index is -1.02. The number of ether oxygens (including phenoxy) is 1. The quantitative estimate of drug-likeness (QED) is 0.339. The van der Waals surface area contributed by atoms with Crippen LogP contribution in [-0.4, -0.2) is 34.6 Å². The summed E-state index contributed by atoms with van der Waals surface area (Å²) in [5, 5.41) is 3.89. The van der Waals surface area contributed by atoms with Gasteiger partial charge in [0.05, 0.1) is 0 Å². The number of rotatable bonds is 10. The molecule has 0 aliphatic carbocycles. The van der Waals surface area contributed by atoms with Gasteiger partial charge >= 0.3 is 12.0 Å². The van der Waals surface area contributed by atoms with Crippen molar-refractivity contribution in [3.63, 3.8) is 0 Å². The second-order valence-electron chi connectivity index (χ2n) is 10.1. The Morgan fingerprint density at radius 3 is 2.17 bits per heavy atom. The molecule has 194 valence electrons. The molecule has 36 heavy (non-hydrogen) atoms. The monoisotopic (exact) mass is 493 g/mol. The summed E-state index contributed by atoms with van der Waals surface area (Å²) in [5.74, 6) is -0.635. The molecule has 0 radical (unpaired) electrons. The lowest BCUT2D eigenvalue weighted by Gasteiger charge is -2.32. The first-order valence-corrected chi connectivity index (χ1v) is 12.4. The lowest BCUT2D eigenvalue weighted by Crippen LogP contribution is -2.57. The van der Waals surface area contributed by atoms with Gasteiger partial charge in [0.2, 0.25) is 5.91 Å². The summed E-state index contributed by atoms with van der Waals surface area (Å²) in [5.41, 5.74) is 3.76. The second-order valence-corrected chi connectivity index (χ2v) is 10.1. The minimum Gasteiger partial charge on any atom is -0.458 e. The van der Waals surface area contributed by atoms with Crippen LogP contribution in [0.5, 0.6) is 0 Å². The zero-order chi connectivity index (χ0) is 26.6. The van der Waals surface area contributed by atoms with E-state index in [4.69, 9.17) is 4.74 Å². The molecule has 0 saturated carbocycles. The van der Waals surface area contributed by atoms with E-state index >= 15 is 0 Å². The van der Waals surface area contributed by atoms with Crippen LogP contribution in [0.1, 0.15) is 65.0 Å². The molecule has 0 unspecified atom stereocenters. The maximum atomic E-state index is 13.3. The highest BCUT2D eigenvalue weighted by Crippen LogP contribution is 2.17. The van der Waals surface area contributed by atoms with E-state index < -0.39 is 23.6 Å². The van der Waals surface area contributed by atoms with Gasteiger partial charge in [0.1, 0.15) is 5.60 Å². The lowest BCUT2D eigenvalue weighted by molar-refractivity contribution is -0.166. The summed E-state index contributed by atoms with van der Waals surface area (Å²) in [6.45, 7) is 9.63. The van der Waals surface area contributed by atoms with Crippen molar-refractivity contribution < 1.29 is 19.1 Å². The van der Waals surface area contributed by atoms with Crippen LogP contribution in [0.3, 0.4) is 0 Å². The van der Waals surface area contributed by atoms with Crippen molar-refractivity contribution in [2.45, 2.75) is 72.1 Å². The van der Waals surface area contributed by atoms with Crippen LogP contribution in [0, 0.1) is 5.92 Å². The van der Waals surface area contributed by atoms with E-state index in [0.717, 1.165) is 16.1 Å². The molecule has 3 amide bonds. The van der Waals surface area contributed by atoms with Gasteiger partial charge in [0.15, 0.2) is 6.04 Å². The van der Waals surface area contributed by atoms with E-state index in [1.54, 1.807) is 20.8 Å². The number of hydrogen-bond donors (Lipinski definition) is 2. The normalized spacial score (nSPS) is 12.3. The predicted octanol–water partition coefficient (Wildman–Crippen LogP) is 5.48. The van der Waals surface area contributed by atoms with Gasteiger partial charge in [-0.1, -0.05) is 86.7 Å². The van der Waals surface area contributed by atoms with Crippen LogP contribution in [0.4, 0.5) is 4.79 Å². The zero-order valence-electron chi connectivity index (χ0n) is 22.0. The Morgan fingerprint density at radius 2 is 1.58 bits per heavy atom. The summed E-state index contributed by atoms with van der Waals surface area (Å²) in [6, 6.07) is 17.5. The molecule has 0 saturated heterocycles. The molecule has 7 nitrogen and oxygen atoms in total. The average Bonchev–Trinajstić information content (AvgIpc) is 2.83. The molecule has 0 aliphatic heterocycles. The maximum Gasteiger partial charge on any atom is 0.333 e. The molecule has 0 bridgehead atoms. The van der Waals surface area contributed by atoms with Crippen LogP contribution < -0.4 is 10.7 Å². The summed E-state index contributed by atoms with van der Waals surface area (Å²) in [6.07, 6.45) is 4.69. The van der Waals surface area contributed by atoms with Crippen molar-refractivity contribution in [1.82, 2.24) is 15.8 Å². The lowest BCUT2D eigenvalue weighted by atomic mass is 10.1. The Morgan fingerprint density at radius 1 is 0.972 bits per heavy atom. The van der Waals surface area contributed by atoms with E-state index in [-0.39, 0.29) is 25.3 Å². The highest BCUT2D eigenvalue weighted by Gasteiger charge is 2.34. The summed E-state index contributed by atoms with van der Waals surface area (Å²) in [7, 11) is 0. The molecule has 2 rings (SSSR count). The first-order chi connectivity index (χ1) is 17.0. The van der Waals surface area contributed by atoms with Crippen LogP contribution in [0.15, 0.2) is 66.7 Å². The van der Waals surface area contributed by atoms with Gasteiger partial charge in [-0.25, -0.2) is 20.0 Å². The molecule has 2 aromatic carbocycles. The zero-order valence-corrected chi connectivity index (χ0v) is 22.0. The number of urea groups is 1. The molecule has 0 spiro atoms. The molecule has 0 aliphatic rings. The standard InChI is InChI=1S/C29H39N3O4/c1-22(2)19-20-26(33)32(31-28(35)30-21-24-15-10-7-11-16-24)25(27(34)36-29(3,4)5)18-12-17-23-13-8-6-9-14-23/h6-17,22,25H,18-21H2,1-5H3,(H2,30,31,35)/t25-/m0/s1. The van der Waals surface area contributed by atoms with Crippen molar-refractivity contribution in [3.05, 3.63) is 77.9 Å². The number of hydrazine groups is 1. The van der Waals surface area contributed by atoms with Gasteiger partial charge in [-0.3, -0.25) is 4.79 Å². The Bertz CT molecular complexity index is 998. The van der Waals surface area contributed by atoms with Crippen LogP contribution >= 0.6 is 0 Å². The fourth-order valence-corrected chi connectivity index (χ4v) is 3.35. The number of amides is 3. The van der Waals surface area contributed by atoms with Gasteiger partial charge in [0, 0.05) is 13.0 Å². The molecular formula is C29H39N3O4. The van der Waals surface area contributed by atoms with Crippen molar-refractivity contribution in [1.29, 1.82) is 0 Å². The third-order valence-electron chi connectivity index (χ3n) is 5.18. The van der Waals surface area contributed by atoms with Crippen LogP contribution in [0.2, 0.25) is 0 Å². The number of carbonyl (C=O) groups excluding carboxylic acids is 3. The smallest absolute Gasteiger partial charge is 0.333 e. The van der Waals surface area contributed by atoms with Gasteiger partial charge in [0.25, 0.3) is 0 Å². The maximum absolute atomic E-state index is 13.3. The first-order valence-electron chi connectivity index (χ1n) is 12.4. The summed E-state index contributed by atoms with van der Waals surface area (Å²) >= 11 is 0. The van der Waals surface area contributed by atoms with Gasteiger partial charge in [-0.2, -0.15) is 0 Å². The molecule has 2 aromatic rings. The Hall–Kier alpha value is -3.61. The predicted molar refractivity (Wildman–Crippen MR) is 142 cm³/mol. The molecule has 2 N–H and O–H groups in total. The number of hydrogen-bond acceptors (Lipinski definition) is 4. The third kappa shape index (κ3) is 10.8. The van der Waals surface area contributed by atoms with E-state index in [1.807, 2.05) is 86.7 Å². The number of carbonyl (C=O) groups is 3. The largest absolute Gasteiger partial charge is 0.458 e. The van der Waals surface area contributed by atoms with E-state index in [9.17, 15) is 14.4 Å². The van der Waals surface area contributed by atoms with Gasteiger partial charge in [-0.15, -0.1) is 0 Å². The number of benzene rings is 2. The minimum absolute atomic E-state index is 0.177. The van der Waals surface area contributed by atoms with Crippen LogP contribution in [0.25, 0.3) is 6.08 Å². The Kier molecular flexibility index (Phi) is 11.2. The van der Waals surface area contributed by atoms with E-state index in [0.29, 0.717) is 12.3 Å². The van der Waals surface area contributed by atoms with Gasteiger partial charge < -0.3 is 10.1 Å². The fourth-order valence-electron chi connectivity index (χ4n) is 3.35. The van der Waals surface area contributed by atoms with Crippen molar-refractivity contribution >= 4 is 24.0 Å². The first kappa shape index (κ1) is 28.6. The molecule has 0 aromatic heterocycles. The Labute approximate surface area is 214 Å². The topological polar surface area (TPSA) is 87.7 Å². The number of nitrogens with one attached hydrogen (secondary N) is 2. The molecular weight excluding hydrogens is 454 g/mol. The van der Waals surface area contributed by atoms with Crippen molar-refractivity contribution in [2.24, 2.45) is 5.92 Å². The van der Waals surface area contributed by atoms with E-state index in [1.165, 1.54) is 0 Å². The fraction of sp³-hybridized carbons (Fsp3) is 0.414. The highest BCUT2D eigenvalue weighted by molar-refractivity contribution is 5.87. The Balaban J connectivity index is 2.25. The molecule has 0 fully saturated rings. The van der Waals surface area contributed by atoms with Crippen molar-refractivity contribution in [2.75, 3.05) is 0 Å². The SMILES string of the molecule is CC(C)CCC(=O)N(NC(=O)NCc1ccccc1)[C@@H](CC=Cc1ccccc1)C(=O)OC(C)(C)C. The number of esters is 1. The number of nitrogens with zero attached hydrogens (tertiary/aromatic N) is 1. The third-order valence-corrected chi connectivity index (χ3v) is 5.18. The summed E-state index contributed by atoms with van der Waals surface area (Å²) in [4.78, 5) is 39.3. The summed E-state index contributed by atoms with van der Waals surface area (Å²) < 4.78 is 5.63. The van der Waals surface area contributed by atoms with Gasteiger partial charge in [-0.05, 0) is 50.7 Å². The van der Waals surface area contributed by atoms with Crippen molar-refractivity contribution in [3.8, 4) is 0 Å². The average molecular weight is 494 g/mol. The van der Waals surface area contributed by atoms with E-state index in [2.05, 4.69) is 10.7 Å². The highest BCUT2D eigenvalue weighted by atomic mass is 16.6. The second kappa shape index (κ2) is 14.1.